The second kappa shape index (κ2) is 8.83. The molecule has 2 fully saturated rings. The first kappa shape index (κ1) is 18.4. The number of nitrogens with one attached hydrogen (secondary N) is 1. The molecule has 2 saturated heterocycles. The van der Waals surface area contributed by atoms with Gasteiger partial charge in [0.05, 0.1) is 6.54 Å². The van der Waals surface area contributed by atoms with E-state index in [0.717, 1.165) is 56.2 Å². The molecule has 0 saturated carbocycles. The van der Waals surface area contributed by atoms with Crippen LogP contribution in [0.15, 0.2) is 18.2 Å². The molecule has 0 aromatic heterocycles. The van der Waals surface area contributed by atoms with Crippen molar-refractivity contribution in [1.82, 2.24) is 9.80 Å². The van der Waals surface area contributed by atoms with Gasteiger partial charge in [-0.2, -0.15) is 0 Å². The second-order valence-electron chi connectivity index (χ2n) is 7.87. The molecule has 6 heteroatoms. The van der Waals surface area contributed by atoms with Gasteiger partial charge in [0.1, 0.15) is 13.2 Å². The van der Waals surface area contributed by atoms with Crippen LogP contribution in [0.25, 0.3) is 0 Å². The molecular formula is C21H31N3O3. The van der Waals surface area contributed by atoms with E-state index in [-0.39, 0.29) is 11.9 Å². The number of hydrogen-bond donors (Lipinski definition) is 1. The summed E-state index contributed by atoms with van der Waals surface area (Å²) in [5.74, 6) is 1.89. The number of fused-ring (bicyclic) bond motifs is 1. The van der Waals surface area contributed by atoms with Gasteiger partial charge in [-0.15, -0.1) is 0 Å². The number of carbonyl (C=O) groups excluding carboxylic acids is 1. The lowest BCUT2D eigenvalue weighted by molar-refractivity contribution is -0.133. The number of anilines is 1. The number of hydrogen-bond acceptors (Lipinski definition) is 5. The van der Waals surface area contributed by atoms with Gasteiger partial charge in [0, 0.05) is 30.9 Å². The minimum Gasteiger partial charge on any atom is -0.486 e. The van der Waals surface area contributed by atoms with Crippen molar-refractivity contribution in [3.05, 3.63) is 18.2 Å². The predicted molar refractivity (Wildman–Crippen MR) is 106 cm³/mol. The lowest BCUT2D eigenvalue weighted by Crippen LogP contribution is -2.48. The number of amides is 1. The fraction of sp³-hybridized carbons (Fsp3) is 0.667. The monoisotopic (exact) mass is 373 g/mol. The number of rotatable bonds is 4. The van der Waals surface area contributed by atoms with Crippen molar-refractivity contribution >= 4 is 11.6 Å². The van der Waals surface area contributed by atoms with E-state index in [1.54, 1.807) is 0 Å². The third kappa shape index (κ3) is 4.86. The molecule has 1 atom stereocenters. The van der Waals surface area contributed by atoms with Gasteiger partial charge in [0.15, 0.2) is 11.5 Å². The normalized spacial score (nSPS) is 23.6. The van der Waals surface area contributed by atoms with Crippen molar-refractivity contribution < 1.29 is 14.3 Å². The Balaban J connectivity index is 1.31. The Hall–Kier alpha value is -1.95. The molecule has 0 radical (unpaired) electrons. The second-order valence-corrected chi connectivity index (χ2v) is 7.87. The van der Waals surface area contributed by atoms with E-state index in [9.17, 15) is 4.79 Å². The molecule has 148 valence electrons. The van der Waals surface area contributed by atoms with Crippen LogP contribution >= 0.6 is 0 Å². The van der Waals surface area contributed by atoms with Crippen LogP contribution in [0.4, 0.5) is 5.69 Å². The lowest BCUT2D eigenvalue weighted by atomic mass is 10.0. The zero-order valence-electron chi connectivity index (χ0n) is 16.1. The van der Waals surface area contributed by atoms with Crippen LogP contribution in [0.3, 0.4) is 0 Å². The average molecular weight is 373 g/mol. The molecule has 0 spiro atoms. The Kier molecular flexibility index (Phi) is 6.02. The molecule has 0 bridgehead atoms. The summed E-state index contributed by atoms with van der Waals surface area (Å²) in [6, 6.07) is 6.29. The fourth-order valence-corrected chi connectivity index (χ4v) is 4.28. The van der Waals surface area contributed by atoms with E-state index < -0.39 is 0 Å². The van der Waals surface area contributed by atoms with Crippen LogP contribution in [0.1, 0.15) is 38.5 Å². The molecule has 1 N–H and O–H groups in total. The molecule has 27 heavy (non-hydrogen) atoms. The highest BCUT2D eigenvalue weighted by Gasteiger charge is 2.25. The third-order valence-corrected chi connectivity index (χ3v) is 5.74. The van der Waals surface area contributed by atoms with Gasteiger partial charge in [-0.1, -0.05) is 12.8 Å². The van der Waals surface area contributed by atoms with Crippen LogP contribution in [-0.4, -0.2) is 67.7 Å². The summed E-state index contributed by atoms with van der Waals surface area (Å²) in [7, 11) is 0. The first-order valence-corrected chi connectivity index (χ1v) is 10.4. The van der Waals surface area contributed by atoms with E-state index in [2.05, 4.69) is 10.2 Å². The largest absolute Gasteiger partial charge is 0.486 e. The Labute approximate surface area is 161 Å². The number of carbonyl (C=O) groups is 1. The summed E-state index contributed by atoms with van der Waals surface area (Å²) in [4.78, 5) is 17.2. The summed E-state index contributed by atoms with van der Waals surface area (Å²) >= 11 is 0. The van der Waals surface area contributed by atoms with Crippen molar-refractivity contribution in [2.24, 2.45) is 0 Å². The molecule has 1 aromatic carbocycles. The first-order chi connectivity index (χ1) is 13.3. The van der Waals surface area contributed by atoms with Gasteiger partial charge in [-0.3, -0.25) is 9.69 Å². The molecule has 3 aliphatic rings. The molecule has 3 heterocycles. The highest BCUT2D eigenvalue weighted by atomic mass is 16.6. The molecular weight excluding hydrogens is 342 g/mol. The Morgan fingerprint density at radius 1 is 1.00 bits per heavy atom. The Morgan fingerprint density at radius 3 is 2.59 bits per heavy atom. The number of nitrogens with zero attached hydrogens (tertiary/aromatic N) is 2. The summed E-state index contributed by atoms with van der Waals surface area (Å²) in [6.45, 7) is 5.58. The lowest BCUT2D eigenvalue weighted by Gasteiger charge is -2.35. The smallest absolute Gasteiger partial charge is 0.236 e. The summed E-state index contributed by atoms with van der Waals surface area (Å²) < 4.78 is 11.3. The maximum absolute atomic E-state index is 12.8. The molecule has 4 rings (SSSR count). The fourth-order valence-electron chi connectivity index (χ4n) is 4.28. The predicted octanol–water partition coefficient (Wildman–Crippen LogP) is 2.74. The van der Waals surface area contributed by atoms with Crippen molar-refractivity contribution in [3.8, 4) is 11.5 Å². The molecule has 0 unspecified atom stereocenters. The molecule has 6 nitrogen and oxygen atoms in total. The van der Waals surface area contributed by atoms with E-state index in [1.807, 2.05) is 23.1 Å². The van der Waals surface area contributed by atoms with Crippen LogP contribution in [0, 0.1) is 0 Å². The first-order valence-electron chi connectivity index (χ1n) is 10.4. The van der Waals surface area contributed by atoms with Gasteiger partial charge in [0.2, 0.25) is 5.91 Å². The van der Waals surface area contributed by atoms with Crippen LogP contribution in [-0.2, 0) is 4.79 Å². The van der Waals surface area contributed by atoms with Gasteiger partial charge in [0.25, 0.3) is 0 Å². The van der Waals surface area contributed by atoms with E-state index in [4.69, 9.17) is 9.47 Å². The van der Waals surface area contributed by atoms with Gasteiger partial charge >= 0.3 is 0 Å². The van der Waals surface area contributed by atoms with E-state index >= 15 is 0 Å². The average Bonchev–Trinajstić information content (AvgIpc) is 2.97. The zero-order valence-corrected chi connectivity index (χ0v) is 16.1. The van der Waals surface area contributed by atoms with E-state index in [0.29, 0.717) is 19.8 Å². The topological polar surface area (TPSA) is 54.0 Å². The highest BCUT2D eigenvalue weighted by molar-refractivity contribution is 5.78. The summed E-state index contributed by atoms with van der Waals surface area (Å²) in [6.07, 6.45) is 7.19. The molecule has 0 aliphatic carbocycles. The maximum Gasteiger partial charge on any atom is 0.236 e. The maximum atomic E-state index is 12.8. The standard InChI is InChI=1S/C21H31N3O3/c25-21(16-23-9-3-1-2-4-10-23)24-11-5-6-18(15-24)22-17-7-8-19-20(14-17)27-13-12-26-19/h7-8,14,18,22H,1-6,9-13,15-16H2/t18-/m0/s1. The molecule has 1 amide bonds. The highest BCUT2D eigenvalue weighted by Crippen LogP contribution is 2.33. The Bertz CT molecular complexity index is 644. The molecule has 1 aromatic rings. The van der Waals surface area contributed by atoms with Gasteiger partial charge in [-0.25, -0.2) is 0 Å². The van der Waals surface area contributed by atoms with Gasteiger partial charge in [-0.05, 0) is 50.9 Å². The van der Waals surface area contributed by atoms with Crippen molar-refractivity contribution in [3.63, 3.8) is 0 Å². The third-order valence-electron chi connectivity index (χ3n) is 5.74. The number of piperidine rings is 1. The van der Waals surface area contributed by atoms with Crippen LogP contribution < -0.4 is 14.8 Å². The minimum atomic E-state index is 0.283. The summed E-state index contributed by atoms with van der Waals surface area (Å²) in [5.41, 5.74) is 1.03. The zero-order chi connectivity index (χ0) is 18.5. The number of ether oxygens (including phenoxy) is 2. The Morgan fingerprint density at radius 2 is 1.78 bits per heavy atom. The van der Waals surface area contributed by atoms with Crippen molar-refractivity contribution in [1.29, 1.82) is 0 Å². The molecule has 3 aliphatic heterocycles. The number of likely N-dealkylation sites (tertiary alicyclic amines) is 2. The van der Waals surface area contributed by atoms with Crippen LogP contribution in [0.2, 0.25) is 0 Å². The SMILES string of the molecule is O=C(CN1CCCCCC1)N1CCC[C@H](Nc2ccc3c(c2)OCCO3)C1. The minimum absolute atomic E-state index is 0.283. The van der Waals surface area contributed by atoms with Crippen molar-refractivity contribution in [2.45, 2.75) is 44.6 Å². The van der Waals surface area contributed by atoms with E-state index in [1.165, 1.54) is 25.7 Å². The summed E-state index contributed by atoms with van der Waals surface area (Å²) in [5, 5.41) is 3.59. The van der Waals surface area contributed by atoms with Crippen LogP contribution in [0.5, 0.6) is 11.5 Å². The quantitative estimate of drug-likeness (QED) is 0.880. The van der Waals surface area contributed by atoms with Crippen molar-refractivity contribution in [2.75, 3.05) is 51.3 Å². The van der Waals surface area contributed by atoms with Gasteiger partial charge < -0.3 is 19.7 Å². The number of benzene rings is 1.